The maximum Gasteiger partial charge on any atom is 0.329 e. The van der Waals surface area contributed by atoms with E-state index in [0.29, 0.717) is 63.4 Å². The van der Waals surface area contributed by atoms with Crippen molar-refractivity contribution >= 4 is 29.2 Å². The second-order valence-corrected chi connectivity index (χ2v) is 19.6. The molecule has 3 heterocycles. The molecule has 2 unspecified atom stereocenters. The lowest BCUT2D eigenvalue weighted by atomic mass is 9.78. The van der Waals surface area contributed by atoms with Crippen molar-refractivity contribution in [1.29, 1.82) is 0 Å². The number of hydrogen-bond acceptors (Lipinski definition) is 13. The van der Waals surface area contributed by atoms with Crippen LogP contribution in [0.2, 0.25) is 0 Å². The van der Waals surface area contributed by atoms with E-state index in [1.807, 2.05) is 58.1 Å². The van der Waals surface area contributed by atoms with E-state index in [2.05, 4.69) is 0 Å². The molecule has 0 aromatic rings. The molecule has 4 aliphatic rings. The molecule has 4 rings (SSSR count). The fraction of sp³-hybridized carbons (Fsp3) is 0.745. The first-order valence-electron chi connectivity index (χ1n) is 23.9. The molecule has 1 saturated carbocycles. The number of amides is 1. The number of carbonyl (C=O) groups is 5. The topological polar surface area (TPSA) is 195 Å². The number of rotatable bonds is 6. The van der Waals surface area contributed by atoms with E-state index < -0.39 is 83.9 Å². The molecule has 1 aliphatic carbocycles. The second kappa shape index (κ2) is 25.1. The van der Waals surface area contributed by atoms with Crippen LogP contribution in [0.4, 0.5) is 0 Å². The molecule has 0 spiro atoms. The summed E-state index contributed by atoms with van der Waals surface area (Å²) in [5, 5.41) is 33.8. The van der Waals surface area contributed by atoms with Crippen molar-refractivity contribution in [3.8, 4) is 0 Å². The van der Waals surface area contributed by atoms with Crippen LogP contribution in [0.5, 0.6) is 0 Å². The van der Waals surface area contributed by atoms with Gasteiger partial charge in [0.15, 0.2) is 5.78 Å². The number of carbonyl (C=O) groups excluding carboxylic acids is 5. The predicted molar refractivity (Wildman–Crippen MR) is 245 cm³/mol. The van der Waals surface area contributed by atoms with Crippen LogP contribution >= 0.6 is 0 Å². The lowest BCUT2D eigenvalue weighted by molar-refractivity contribution is -0.265. The molecule has 3 N–H and O–H groups in total. The molecule has 0 radical (unpaired) electrons. The number of cyclic esters (lactones) is 1. The maximum atomic E-state index is 14.4. The van der Waals surface area contributed by atoms with Crippen molar-refractivity contribution in [2.24, 2.45) is 35.5 Å². The molecule has 0 aromatic carbocycles. The summed E-state index contributed by atoms with van der Waals surface area (Å²) in [4.78, 5) is 71.8. The van der Waals surface area contributed by atoms with Gasteiger partial charge in [-0.15, -0.1) is 0 Å². The van der Waals surface area contributed by atoms with E-state index in [4.69, 9.17) is 23.7 Å². The zero-order chi connectivity index (χ0) is 48.2. The van der Waals surface area contributed by atoms with Gasteiger partial charge in [-0.25, -0.2) is 4.79 Å². The minimum absolute atomic E-state index is 0.0193. The summed E-state index contributed by atoms with van der Waals surface area (Å²) < 4.78 is 29.4. The number of methoxy groups -OCH3 is 3. The van der Waals surface area contributed by atoms with Crippen molar-refractivity contribution in [2.75, 3.05) is 27.9 Å². The van der Waals surface area contributed by atoms with E-state index in [1.165, 1.54) is 12.0 Å². The molecule has 0 aromatic heterocycles. The number of ether oxygens (including phenoxy) is 5. The van der Waals surface area contributed by atoms with Gasteiger partial charge in [0.05, 0.1) is 24.4 Å². The van der Waals surface area contributed by atoms with E-state index in [-0.39, 0.29) is 54.8 Å². The first kappa shape index (κ1) is 54.2. The fourth-order valence-electron chi connectivity index (χ4n) is 10.1. The summed E-state index contributed by atoms with van der Waals surface area (Å²) >= 11 is 0. The highest BCUT2D eigenvalue weighted by Gasteiger charge is 2.53. The van der Waals surface area contributed by atoms with E-state index >= 15 is 0 Å². The standard InChI is InChI=1S/C51H79NO13/c1-30-16-12-11-13-17-31(2)42(61-8)28-38-21-19-36(7)51(60,65-38)48(57)49(58)52-23-15-14-18-39(52)50(59)64-43(33(4)26-37-20-22-40(53)44(27-37)62-9)29-41(54)32(3)25-35(6)46(56)47(63-10)45(55)34(5)24-30/h11-13,16-17,25,30,32-34,36-40,42-44,46-47,53,56,60H,14-15,18-24,26-29H2,1-10H3/b13-11+,16-12+,31-17+,35-25+/t30-,32-,33-,34-,36-,37+,38?,39?,40-,42+,43+,44-,46-,47+,51-/m1/s1. The van der Waals surface area contributed by atoms with Crippen LogP contribution in [-0.2, 0) is 47.7 Å². The van der Waals surface area contributed by atoms with Gasteiger partial charge in [-0.2, -0.15) is 0 Å². The molecule has 1 amide bonds. The average molecular weight is 914 g/mol. The fourth-order valence-corrected chi connectivity index (χ4v) is 10.1. The van der Waals surface area contributed by atoms with Gasteiger partial charge in [-0.1, -0.05) is 71.1 Å². The van der Waals surface area contributed by atoms with Crippen molar-refractivity contribution in [3.63, 3.8) is 0 Å². The Labute approximate surface area is 387 Å². The van der Waals surface area contributed by atoms with Crippen LogP contribution in [0, 0.1) is 35.5 Å². The average Bonchev–Trinajstić information content (AvgIpc) is 3.28. The molecule has 14 nitrogen and oxygen atoms in total. The number of allylic oxidation sites excluding steroid dienone is 6. The van der Waals surface area contributed by atoms with Crippen molar-refractivity contribution in [3.05, 3.63) is 47.6 Å². The number of Topliss-reactive ketones (excluding diaryl/α,β-unsaturated/α-hetero) is 3. The highest BCUT2D eigenvalue weighted by atomic mass is 16.6. The maximum absolute atomic E-state index is 14.4. The molecule has 65 heavy (non-hydrogen) atoms. The van der Waals surface area contributed by atoms with Gasteiger partial charge >= 0.3 is 5.97 Å². The number of fused-ring (bicyclic) bond motifs is 3. The van der Waals surface area contributed by atoms with E-state index in [1.54, 1.807) is 41.1 Å². The van der Waals surface area contributed by atoms with Crippen LogP contribution in [0.25, 0.3) is 0 Å². The molecule has 366 valence electrons. The monoisotopic (exact) mass is 914 g/mol. The van der Waals surface area contributed by atoms with Gasteiger partial charge in [0.25, 0.3) is 11.7 Å². The Hall–Kier alpha value is -3.37. The molecule has 14 heteroatoms. The lowest BCUT2D eigenvalue weighted by Gasteiger charge is -2.42. The van der Waals surface area contributed by atoms with E-state index in [0.717, 1.165) is 12.0 Å². The third kappa shape index (κ3) is 14.3. The zero-order valence-corrected chi connectivity index (χ0v) is 40.6. The van der Waals surface area contributed by atoms with Crippen LogP contribution in [0.1, 0.15) is 126 Å². The van der Waals surface area contributed by atoms with Crippen LogP contribution < -0.4 is 0 Å². The van der Waals surface area contributed by atoms with Crippen LogP contribution in [-0.4, -0.2) is 132 Å². The Morgan fingerprint density at radius 2 is 1.57 bits per heavy atom. The lowest BCUT2D eigenvalue weighted by Crippen LogP contribution is -2.61. The molecular formula is C51H79NO13. The minimum Gasteiger partial charge on any atom is -0.460 e. The Morgan fingerprint density at radius 3 is 2.25 bits per heavy atom. The van der Waals surface area contributed by atoms with Crippen molar-refractivity contribution in [2.45, 2.75) is 180 Å². The number of ketones is 3. The number of hydrogen-bond donors (Lipinski definition) is 3. The van der Waals surface area contributed by atoms with Gasteiger partial charge in [0.2, 0.25) is 5.79 Å². The SMILES string of the molecule is CO[C@H]1CC2CC[C@@H](C)[C@@](O)(O2)C(=O)C(=O)N2CCCCC2C(=O)O[C@H]([C@H](C)C[C@@H]2CC[C@@H](O)[C@H](OC)C2)CC(=O)[C@H](C)/C=C(\C)[C@@H](O)[C@@H](OC)C(=O)[C@H](C)C[C@H](C)/C=C/C=C/C=C/1C. The first-order chi connectivity index (χ1) is 30.7. The zero-order valence-electron chi connectivity index (χ0n) is 40.6. The Balaban J connectivity index is 1.70. The molecular weight excluding hydrogens is 835 g/mol. The largest absolute Gasteiger partial charge is 0.460 e. The van der Waals surface area contributed by atoms with E-state index in [9.17, 15) is 39.3 Å². The number of nitrogens with zero attached hydrogens (tertiary/aromatic N) is 1. The summed E-state index contributed by atoms with van der Waals surface area (Å²) in [7, 11) is 4.52. The summed E-state index contributed by atoms with van der Waals surface area (Å²) in [6.07, 6.45) is 11.2. The highest BCUT2D eigenvalue weighted by molar-refractivity contribution is 6.39. The Bertz CT molecular complexity index is 1760. The number of aliphatic hydroxyl groups excluding tert-OH is 2. The van der Waals surface area contributed by atoms with Gasteiger partial charge in [-0.3, -0.25) is 19.2 Å². The molecule has 15 atom stereocenters. The quantitative estimate of drug-likeness (QED) is 0.156. The summed E-state index contributed by atoms with van der Waals surface area (Å²) in [5.74, 6) is -7.96. The molecule has 3 aliphatic heterocycles. The highest BCUT2D eigenvalue weighted by Crippen LogP contribution is 2.38. The predicted octanol–water partition coefficient (Wildman–Crippen LogP) is 6.18. The number of esters is 1. The van der Waals surface area contributed by atoms with Gasteiger partial charge in [0, 0.05) is 58.5 Å². The van der Waals surface area contributed by atoms with Crippen molar-refractivity contribution in [1.82, 2.24) is 4.90 Å². The van der Waals surface area contributed by atoms with Gasteiger partial charge in [-0.05, 0) is 107 Å². The molecule has 2 saturated heterocycles. The van der Waals surface area contributed by atoms with Gasteiger partial charge < -0.3 is 43.9 Å². The van der Waals surface area contributed by atoms with Crippen molar-refractivity contribution < 1.29 is 63.0 Å². The van der Waals surface area contributed by atoms with Gasteiger partial charge in [0.1, 0.15) is 30.1 Å². The van der Waals surface area contributed by atoms with Crippen LogP contribution in [0.15, 0.2) is 47.6 Å². The van der Waals surface area contributed by atoms with Crippen LogP contribution in [0.3, 0.4) is 0 Å². The smallest absolute Gasteiger partial charge is 0.329 e. The minimum atomic E-state index is -2.43. The molecule has 2 bridgehead atoms. The second-order valence-electron chi connectivity index (χ2n) is 19.6. The summed E-state index contributed by atoms with van der Waals surface area (Å²) in [5.41, 5.74) is 1.27. The number of aliphatic hydroxyl groups is 3. The first-order valence-corrected chi connectivity index (χ1v) is 23.9. The third-order valence-corrected chi connectivity index (χ3v) is 14.5. The Morgan fingerprint density at radius 1 is 0.846 bits per heavy atom. The normalized spacial score (nSPS) is 40.4. The Kier molecular flexibility index (Phi) is 21.0. The summed E-state index contributed by atoms with van der Waals surface area (Å²) in [6, 6.07) is -1.14. The third-order valence-electron chi connectivity index (χ3n) is 14.5. The molecule has 3 fully saturated rings. The summed E-state index contributed by atoms with van der Waals surface area (Å²) in [6.45, 7) is 12.7. The number of piperidine rings is 1.